The smallest absolute Gasteiger partial charge is 0.303 e. The minimum atomic E-state index is -0.707. The van der Waals surface area contributed by atoms with Gasteiger partial charge >= 0.3 is 5.97 Å². The molecule has 0 aliphatic heterocycles. The van der Waals surface area contributed by atoms with Gasteiger partial charge in [0.1, 0.15) is 5.69 Å². The molecular weight excluding hydrogens is 424 g/mol. The Morgan fingerprint density at radius 2 is 1.18 bits per heavy atom. The summed E-state index contributed by atoms with van der Waals surface area (Å²) in [6.07, 6.45) is 5.10. The highest BCUT2D eigenvalue weighted by atomic mass is 16.4. The molecule has 0 amide bonds. The summed E-state index contributed by atoms with van der Waals surface area (Å²) in [6.45, 7) is 0.829. The van der Waals surface area contributed by atoms with Gasteiger partial charge in [0.05, 0.1) is 5.69 Å². The molecule has 0 saturated heterocycles. The number of hydrogen-bond donors (Lipinski definition) is 1. The highest BCUT2D eigenvalue weighted by Gasteiger charge is 2.21. The van der Waals surface area contributed by atoms with E-state index in [-0.39, 0.29) is 11.9 Å². The first kappa shape index (κ1) is 24.9. The van der Waals surface area contributed by atoms with E-state index >= 15 is 0 Å². The van der Waals surface area contributed by atoms with Gasteiger partial charge in [0, 0.05) is 29.7 Å². The third kappa shape index (κ3) is 6.21. The fourth-order valence-electron chi connectivity index (χ4n) is 4.26. The third-order valence-electron chi connectivity index (χ3n) is 5.87. The molecule has 0 aliphatic carbocycles. The van der Waals surface area contributed by atoms with Gasteiger partial charge in [0.25, 0.3) is 0 Å². The number of rotatable bonds is 11. The first-order valence-corrected chi connectivity index (χ1v) is 11.7. The van der Waals surface area contributed by atoms with E-state index < -0.39 is 5.97 Å². The van der Waals surface area contributed by atoms with Crippen LogP contribution in [0.15, 0.2) is 91.0 Å². The van der Waals surface area contributed by atoms with Crippen molar-refractivity contribution in [3.63, 3.8) is 0 Å². The fraction of sp³-hybridized carbons (Fsp3) is 0.241. The molecule has 1 aromatic heterocycles. The van der Waals surface area contributed by atoms with E-state index in [1.165, 1.54) is 0 Å². The Hall–Kier alpha value is -3.70. The van der Waals surface area contributed by atoms with Crippen molar-refractivity contribution in [3.05, 3.63) is 91.0 Å². The summed E-state index contributed by atoms with van der Waals surface area (Å²) >= 11 is 0. The highest BCUT2D eigenvalue weighted by Crippen LogP contribution is 2.40. The van der Waals surface area contributed by atoms with Gasteiger partial charge in [-0.2, -0.15) is 5.10 Å². The minimum Gasteiger partial charge on any atom is -0.481 e. The zero-order chi connectivity index (χ0) is 22.9. The Kier molecular flexibility index (Phi) is 9.18. The number of nitrogens with zero attached hydrogens (tertiary/aromatic N) is 2. The average molecular weight is 457 g/mol. The molecule has 3 N–H and O–H groups in total. The minimum absolute atomic E-state index is 0. The summed E-state index contributed by atoms with van der Waals surface area (Å²) in [5.41, 5.74) is 6.74. The average Bonchev–Trinajstić information content (AvgIpc) is 3.24. The standard InChI is InChI=1S/C29H30N2O2.H2O/c32-26(33)21-13-2-1-3-14-22-31-29(25-19-11-6-12-20-25)27(23-15-7-4-8-16-23)28(30-31)24-17-9-5-10-18-24;/h4-12,15-20H,1-3,13-14,21-22H2,(H,32,33);1H2. The van der Waals surface area contributed by atoms with Crippen LogP contribution in [0.5, 0.6) is 0 Å². The maximum atomic E-state index is 10.7. The van der Waals surface area contributed by atoms with Crippen molar-refractivity contribution in [1.29, 1.82) is 0 Å². The van der Waals surface area contributed by atoms with Gasteiger partial charge in [-0.05, 0) is 18.4 Å². The molecule has 176 valence electrons. The van der Waals surface area contributed by atoms with E-state index in [4.69, 9.17) is 10.2 Å². The van der Waals surface area contributed by atoms with Gasteiger partial charge in [-0.1, -0.05) is 110 Å². The van der Waals surface area contributed by atoms with Gasteiger partial charge in [0.2, 0.25) is 0 Å². The molecule has 0 bridgehead atoms. The zero-order valence-electron chi connectivity index (χ0n) is 19.4. The number of carbonyl (C=O) groups is 1. The number of aromatic nitrogens is 2. The van der Waals surface area contributed by atoms with Crippen LogP contribution in [-0.2, 0) is 11.3 Å². The van der Waals surface area contributed by atoms with Crippen LogP contribution in [0.2, 0.25) is 0 Å². The van der Waals surface area contributed by atoms with Gasteiger partial charge < -0.3 is 10.6 Å². The molecule has 4 rings (SSSR count). The van der Waals surface area contributed by atoms with Crippen molar-refractivity contribution in [2.75, 3.05) is 0 Å². The molecule has 3 aromatic carbocycles. The molecule has 4 aromatic rings. The molecule has 0 spiro atoms. The van der Waals surface area contributed by atoms with Crippen LogP contribution in [0.1, 0.15) is 38.5 Å². The molecule has 0 saturated carbocycles. The molecule has 1 heterocycles. The zero-order valence-corrected chi connectivity index (χ0v) is 19.4. The van der Waals surface area contributed by atoms with E-state index in [0.29, 0.717) is 0 Å². The number of aryl methyl sites for hydroxylation is 1. The highest BCUT2D eigenvalue weighted by molar-refractivity contribution is 5.91. The van der Waals surface area contributed by atoms with E-state index in [9.17, 15) is 4.79 Å². The predicted molar refractivity (Wildman–Crippen MR) is 137 cm³/mol. The quantitative estimate of drug-likeness (QED) is 0.262. The van der Waals surface area contributed by atoms with Crippen molar-refractivity contribution in [2.24, 2.45) is 0 Å². The van der Waals surface area contributed by atoms with E-state index in [1.807, 2.05) is 18.2 Å². The number of benzene rings is 3. The molecule has 0 radical (unpaired) electrons. The van der Waals surface area contributed by atoms with Gasteiger partial charge in [-0.3, -0.25) is 9.48 Å². The van der Waals surface area contributed by atoms with Crippen LogP contribution in [0.4, 0.5) is 0 Å². The SMILES string of the molecule is O.O=C(O)CCCCCCCn1nc(-c2ccccc2)c(-c2ccccc2)c1-c1ccccc1. The maximum absolute atomic E-state index is 10.7. The van der Waals surface area contributed by atoms with E-state index in [0.717, 1.165) is 72.3 Å². The summed E-state index contributed by atoms with van der Waals surface area (Å²) in [4.78, 5) is 10.7. The Morgan fingerprint density at radius 3 is 1.76 bits per heavy atom. The number of unbranched alkanes of at least 4 members (excludes halogenated alkanes) is 4. The summed E-state index contributed by atoms with van der Waals surface area (Å²) in [7, 11) is 0. The maximum Gasteiger partial charge on any atom is 0.303 e. The number of carboxylic acids is 1. The van der Waals surface area contributed by atoms with Crippen molar-refractivity contribution in [1.82, 2.24) is 9.78 Å². The molecule has 0 aliphatic rings. The normalized spacial score (nSPS) is 10.6. The summed E-state index contributed by atoms with van der Waals surface area (Å²) in [5, 5.41) is 13.9. The van der Waals surface area contributed by atoms with Gasteiger partial charge in [-0.25, -0.2) is 0 Å². The topological polar surface area (TPSA) is 86.6 Å². The molecule has 0 fully saturated rings. The first-order valence-electron chi connectivity index (χ1n) is 11.7. The summed E-state index contributed by atoms with van der Waals surface area (Å²) < 4.78 is 2.16. The van der Waals surface area contributed by atoms with Crippen molar-refractivity contribution in [3.8, 4) is 33.6 Å². The predicted octanol–water partition coefficient (Wildman–Crippen LogP) is 6.48. The molecule has 0 unspecified atom stereocenters. The van der Waals surface area contributed by atoms with Crippen LogP contribution in [0.3, 0.4) is 0 Å². The van der Waals surface area contributed by atoms with Crippen molar-refractivity contribution < 1.29 is 15.4 Å². The number of carboxylic acid groups (broad SMARTS) is 1. The Balaban J connectivity index is 0.00000324. The largest absolute Gasteiger partial charge is 0.481 e. The lowest BCUT2D eigenvalue weighted by Crippen LogP contribution is -2.03. The van der Waals surface area contributed by atoms with E-state index in [1.54, 1.807) is 0 Å². The van der Waals surface area contributed by atoms with Crippen LogP contribution >= 0.6 is 0 Å². The molecule has 34 heavy (non-hydrogen) atoms. The Labute approximate surface area is 201 Å². The summed E-state index contributed by atoms with van der Waals surface area (Å²) in [5.74, 6) is -0.707. The lowest BCUT2D eigenvalue weighted by Gasteiger charge is -2.11. The van der Waals surface area contributed by atoms with Crippen LogP contribution in [0.25, 0.3) is 33.6 Å². The molecule has 5 heteroatoms. The second-order valence-electron chi connectivity index (χ2n) is 8.30. The number of aliphatic carboxylic acids is 1. The van der Waals surface area contributed by atoms with Crippen LogP contribution < -0.4 is 0 Å². The molecular formula is C29H32N2O3. The first-order chi connectivity index (χ1) is 16.2. The van der Waals surface area contributed by atoms with Crippen LogP contribution in [0, 0.1) is 0 Å². The van der Waals surface area contributed by atoms with Crippen molar-refractivity contribution in [2.45, 2.75) is 45.1 Å². The third-order valence-corrected chi connectivity index (χ3v) is 5.87. The van der Waals surface area contributed by atoms with E-state index in [2.05, 4.69) is 77.5 Å². The fourth-order valence-corrected chi connectivity index (χ4v) is 4.26. The lowest BCUT2D eigenvalue weighted by atomic mass is 9.96. The lowest BCUT2D eigenvalue weighted by molar-refractivity contribution is -0.137. The number of hydrogen-bond acceptors (Lipinski definition) is 2. The van der Waals surface area contributed by atoms with Crippen LogP contribution in [-0.4, -0.2) is 26.3 Å². The molecule has 5 nitrogen and oxygen atoms in total. The summed E-state index contributed by atoms with van der Waals surface area (Å²) in [6, 6.07) is 31.4. The Bertz CT molecular complexity index is 1160. The second-order valence-corrected chi connectivity index (χ2v) is 8.30. The van der Waals surface area contributed by atoms with Gasteiger partial charge in [-0.15, -0.1) is 0 Å². The van der Waals surface area contributed by atoms with Gasteiger partial charge in [0.15, 0.2) is 0 Å². The molecule has 0 atom stereocenters. The monoisotopic (exact) mass is 456 g/mol. The second kappa shape index (κ2) is 12.5. The van der Waals surface area contributed by atoms with Crippen molar-refractivity contribution >= 4 is 5.97 Å². The Morgan fingerprint density at radius 1 is 0.676 bits per heavy atom.